The summed E-state index contributed by atoms with van der Waals surface area (Å²) in [5.41, 5.74) is 7.29. The number of anilines is 1. The molecule has 2 aromatic carbocycles. The number of hydrazine groups is 1. The highest BCUT2D eigenvalue weighted by molar-refractivity contribution is 9.10. The molecule has 26 heavy (non-hydrogen) atoms. The van der Waals surface area contributed by atoms with E-state index in [2.05, 4.69) is 87.9 Å². The molecular formula is C23H29BrN2. The number of nitrogens with one attached hydrogen (secondary N) is 1. The van der Waals surface area contributed by atoms with Crippen molar-refractivity contribution in [2.24, 2.45) is 0 Å². The Morgan fingerprint density at radius 3 is 2.31 bits per heavy atom. The fraction of sp³-hybridized carbons (Fsp3) is 0.391. The molecule has 0 saturated carbocycles. The average molecular weight is 413 g/mol. The third-order valence-corrected chi connectivity index (χ3v) is 5.54. The van der Waals surface area contributed by atoms with E-state index in [4.69, 9.17) is 0 Å². The van der Waals surface area contributed by atoms with E-state index in [1.807, 2.05) is 6.20 Å². The van der Waals surface area contributed by atoms with Crippen LogP contribution in [0.2, 0.25) is 0 Å². The van der Waals surface area contributed by atoms with Crippen molar-refractivity contribution < 1.29 is 0 Å². The lowest BCUT2D eigenvalue weighted by atomic mass is 10.0. The first kappa shape index (κ1) is 19.0. The standard InChI is InChI=1S/C23H29BrN2/c1-2-3-4-5-6-7-8-19-9-11-20(12-10-19)23-17-18-25-26(23)22-15-13-21(24)14-16-22/h9-18,23,25H,2-8H2,1H3. The number of halogens is 1. The van der Waals surface area contributed by atoms with Crippen molar-refractivity contribution in [2.75, 3.05) is 5.01 Å². The minimum Gasteiger partial charge on any atom is -0.305 e. The van der Waals surface area contributed by atoms with Gasteiger partial charge in [-0.3, -0.25) is 5.01 Å². The number of aryl methyl sites for hydroxylation is 1. The van der Waals surface area contributed by atoms with Gasteiger partial charge < -0.3 is 5.43 Å². The average Bonchev–Trinajstić information content (AvgIpc) is 3.15. The van der Waals surface area contributed by atoms with Crippen LogP contribution >= 0.6 is 15.9 Å². The lowest BCUT2D eigenvalue weighted by Gasteiger charge is -2.27. The summed E-state index contributed by atoms with van der Waals surface area (Å²) in [6.07, 6.45) is 13.6. The van der Waals surface area contributed by atoms with Gasteiger partial charge in [-0.2, -0.15) is 0 Å². The second kappa shape index (κ2) is 9.82. The van der Waals surface area contributed by atoms with Crippen LogP contribution in [0.3, 0.4) is 0 Å². The molecule has 0 aromatic heterocycles. The number of nitrogens with zero attached hydrogens (tertiary/aromatic N) is 1. The molecule has 1 atom stereocenters. The van der Waals surface area contributed by atoms with Crippen LogP contribution in [-0.4, -0.2) is 0 Å². The summed E-state index contributed by atoms with van der Waals surface area (Å²) in [6.45, 7) is 2.27. The second-order valence-electron chi connectivity index (χ2n) is 7.04. The Labute approximate surface area is 166 Å². The Hall–Kier alpha value is -1.74. The molecule has 1 aliphatic rings. The zero-order chi connectivity index (χ0) is 18.2. The predicted molar refractivity (Wildman–Crippen MR) is 115 cm³/mol. The fourth-order valence-electron chi connectivity index (χ4n) is 3.47. The van der Waals surface area contributed by atoms with Gasteiger partial charge in [-0.05, 0) is 54.3 Å². The summed E-state index contributed by atoms with van der Waals surface area (Å²) in [5.74, 6) is 0. The van der Waals surface area contributed by atoms with Gasteiger partial charge in [0.25, 0.3) is 0 Å². The molecule has 0 amide bonds. The summed E-state index contributed by atoms with van der Waals surface area (Å²) < 4.78 is 1.10. The van der Waals surface area contributed by atoms with Crippen molar-refractivity contribution in [1.82, 2.24) is 5.43 Å². The van der Waals surface area contributed by atoms with Crippen LogP contribution in [0.25, 0.3) is 0 Å². The van der Waals surface area contributed by atoms with Gasteiger partial charge in [0.1, 0.15) is 0 Å². The van der Waals surface area contributed by atoms with Crippen LogP contribution < -0.4 is 10.4 Å². The van der Waals surface area contributed by atoms with Crippen molar-refractivity contribution in [1.29, 1.82) is 0 Å². The third kappa shape index (κ3) is 5.14. The molecule has 3 heteroatoms. The van der Waals surface area contributed by atoms with Gasteiger partial charge in [-0.25, -0.2) is 0 Å². The monoisotopic (exact) mass is 412 g/mol. The van der Waals surface area contributed by atoms with E-state index in [1.165, 1.54) is 61.8 Å². The molecule has 3 rings (SSSR count). The first-order chi connectivity index (χ1) is 12.8. The van der Waals surface area contributed by atoms with Crippen molar-refractivity contribution in [3.05, 3.63) is 76.4 Å². The molecule has 0 radical (unpaired) electrons. The number of rotatable bonds is 9. The maximum Gasteiger partial charge on any atom is 0.0952 e. The highest BCUT2D eigenvalue weighted by Gasteiger charge is 2.21. The Morgan fingerprint density at radius 1 is 0.885 bits per heavy atom. The highest BCUT2D eigenvalue weighted by Crippen LogP contribution is 2.30. The number of hydrogen-bond donors (Lipinski definition) is 1. The molecule has 0 spiro atoms. The smallest absolute Gasteiger partial charge is 0.0952 e. The fourth-order valence-corrected chi connectivity index (χ4v) is 3.73. The van der Waals surface area contributed by atoms with E-state index in [-0.39, 0.29) is 6.04 Å². The Balaban J connectivity index is 1.55. The summed E-state index contributed by atoms with van der Waals surface area (Å²) in [5, 5.41) is 2.20. The molecule has 1 N–H and O–H groups in total. The molecule has 2 aromatic rings. The van der Waals surface area contributed by atoms with Gasteiger partial charge in [0, 0.05) is 10.7 Å². The van der Waals surface area contributed by atoms with Gasteiger partial charge in [-0.15, -0.1) is 0 Å². The zero-order valence-corrected chi connectivity index (χ0v) is 17.2. The van der Waals surface area contributed by atoms with Crippen molar-refractivity contribution >= 4 is 21.6 Å². The van der Waals surface area contributed by atoms with Crippen LogP contribution in [0.4, 0.5) is 5.69 Å². The van der Waals surface area contributed by atoms with E-state index in [0.29, 0.717) is 0 Å². The van der Waals surface area contributed by atoms with Crippen LogP contribution in [0.5, 0.6) is 0 Å². The topological polar surface area (TPSA) is 15.3 Å². The van der Waals surface area contributed by atoms with E-state index >= 15 is 0 Å². The van der Waals surface area contributed by atoms with Gasteiger partial charge >= 0.3 is 0 Å². The second-order valence-corrected chi connectivity index (χ2v) is 7.95. The lowest BCUT2D eigenvalue weighted by molar-refractivity contribution is 0.607. The van der Waals surface area contributed by atoms with E-state index in [0.717, 1.165) is 4.47 Å². The number of benzene rings is 2. The SMILES string of the molecule is CCCCCCCCc1ccc(C2C=CNN2c2ccc(Br)cc2)cc1. The minimum absolute atomic E-state index is 0.235. The molecule has 0 aliphatic carbocycles. The van der Waals surface area contributed by atoms with Crippen LogP contribution in [0.1, 0.15) is 62.6 Å². The molecule has 0 fully saturated rings. The zero-order valence-electron chi connectivity index (χ0n) is 15.6. The molecule has 0 bridgehead atoms. The lowest BCUT2D eigenvalue weighted by Crippen LogP contribution is -2.32. The van der Waals surface area contributed by atoms with Crippen LogP contribution in [0, 0.1) is 0 Å². The third-order valence-electron chi connectivity index (χ3n) is 5.02. The van der Waals surface area contributed by atoms with E-state index in [9.17, 15) is 0 Å². The maximum absolute atomic E-state index is 3.51. The van der Waals surface area contributed by atoms with Gasteiger partial charge in [0.05, 0.1) is 11.7 Å². The Bertz CT molecular complexity index is 691. The minimum atomic E-state index is 0.235. The van der Waals surface area contributed by atoms with Crippen molar-refractivity contribution in [3.8, 4) is 0 Å². The molecule has 2 nitrogen and oxygen atoms in total. The van der Waals surface area contributed by atoms with Gasteiger partial charge in [0.15, 0.2) is 0 Å². The summed E-state index contributed by atoms with van der Waals surface area (Å²) in [7, 11) is 0. The highest BCUT2D eigenvalue weighted by atomic mass is 79.9. The Morgan fingerprint density at radius 2 is 1.58 bits per heavy atom. The number of hydrogen-bond acceptors (Lipinski definition) is 2. The van der Waals surface area contributed by atoms with Crippen molar-refractivity contribution in [3.63, 3.8) is 0 Å². The van der Waals surface area contributed by atoms with Gasteiger partial charge in [0.2, 0.25) is 0 Å². The summed E-state index contributed by atoms with van der Waals surface area (Å²) >= 11 is 3.51. The van der Waals surface area contributed by atoms with Crippen LogP contribution in [0.15, 0.2) is 65.3 Å². The molecule has 1 aliphatic heterocycles. The molecule has 1 unspecified atom stereocenters. The quantitative estimate of drug-likeness (QED) is 0.448. The van der Waals surface area contributed by atoms with E-state index in [1.54, 1.807) is 0 Å². The Kier molecular flexibility index (Phi) is 7.19. The molecular weight excluding hydrogens is 384 g/mol. The molecule has 0 saturated heterocycles. The predicted octanol–water partition coefficient (Wildman–Crippen LogP) is 6.93. The largest absolute Gasteiger partial charge is 0.305 e. The number of unbranched alkanes of at least 4 members (excludes halogenated alkanes) is 5. The first-order valence-corrected chi connectivity index (χ1v) is 10.6. The van der Waals surface area contributed by atoms with Crippen molar-refractivity contribution in [2.45, 2.75) is 57.9 Å². The summed E-state index contributed by atoms with van der Waals surface area (Å²) in [6, 6.07) is 17.8. The first-order valence-electron chi connectivity index (χ1n) is 9.84. The maximum atomic E-state index is 3.51. The van der Waals surface area contributed by atoms with E-state index < -0.39 is 0 Å². The normalized spacial score (nSPS) is 16.1. The summed E-state index contributed by atoms with van der Waals surface area (Å²) in [4.78, 5) is 0. The van der Waals surface area contributed by atoms with Crippen LogP contribution in [-0.2, 0) is 6.42 Å². The van der Waals surface area contributed by atoms with Gasteiger partial charge in [-0.1, -0.05) is 79.2 Å². The molecule has 1 heterocycles. The molecule has 138 valence electrons.